The van der Waals surface area contributed by atoms with Crippen molar-refractivity contribution in [3.8, 4) is 0 Å². The lowest BCUT2D eigenvalue weighted by Gasteiger charge is -2.16. The van der Waals surface area contributed by atoms with Crippen LogP contribution in [0.1, 0.15) is 28.4 Å². The van der Waals surface area contributed by atoms with E-state index in [9.17, 15) is 5.11 Å². The Hall–Kier alpha value is -0.160. The Balaban J connectivity index is 2.46. The van der Waals surface area contributed by atoms with Crippen molar-refractivity contribution in [2.45, 2.75) is 20.0 Å². The predicted octanol–water partition coefficient (Wildman–Crippen LogP) is 5.67. The first kappa shape index (κ1) is 15.2. The molecule has 0 heterocycles. The van der Waals surface area contributed by atoms with Crippen LogP contribution >= 0.6 is 47.8 Å². The molecule has 2 aromatic rings. The first-order chi connectivity index (χ1) is 8.90. The molecule has 19 heavy (non-hydrogen) atoms. The maximum absolute atomic E-state index is 10.5. The van der Waals surface area contributed by atoms with Gasteiger partial charge in [-0.3, -0.25) is 0 Å². The summed E-state index contributed by atoms with van der Waals surface area (Å²) >= 11 is 10.5. The average molecular weight is 449 g/mol. The van der Waals surface area contributed by atoms with E-state index in [2.05, 4.69) is 47.8 Å². The van der Waals surface area contributed by atoms with Gasteiger partial charge >= 0.3 is 0 Å². The summed E-state index contributed by atoms with van der Waals surface area (Å²) in [6, 6.07) is 9.86. The molecule has 0 bridgehead atoms. The van der Waals surface area contributed by atoms with E-state index in [-0.39, 0.29) is 0 Å². The normalized spacial score (nSPS) is 12.5. The molecule has 2 aromatic carbocycles. The molecule has 0 aliphatic heterocycles. The van der Waals surface area contributed by atoms with Crippen LogP contribution in [0.2, 0.25) is 0 Å². The van der Waals surface area contributed by atoms with Crippen molar-refractivity contribution in [1.82, 2.24) is 0 Å². The summed E-state index contributed by atoms with van der Waals surface area (Å²) in [5, 5.41) is 10.5. The van der Waals surface area contributed by atoms with Gasteiger partial charge in [0.05, 0.1) is 0 Å². The van der Waals surface area contributed by atoms with Crippen molar-refractivity contribution in [3.05, 3.63) is 66.0 Å². The molecule has 0 amide bonds. The lowest BCUT2D eigenvalue weighted by atomic mass is 9.99. The number of hydrogen-bond acceptors (Lipinski definition) is 1. The number of aliphatic hydroxyl groups excluding tert-OH is 1. The monoisotopic (exact) mass is 446 g/mol. The maximum Gasteiger partial charge on any atom is 0.105 e. The molecule has 0 aromatic heterocycles. The van der Waals surface area contributed by atoms with Crippen LogP contribution in [0.15, 0.2) is 43.7 Å². The molecular weight excluding hydrogens is 436 g/mol. The maximum atomic E-state index is 10.5. The van der Waals surface area contributed by atoms with Crippen LogP contribution in [0.25, 0.3) is 0 Å². The zero-order chi connectivity index (χ0) is 14.2. The van der Waals surface area contributed by atoms with Crippen LogP contribution in [0, 0.1) is 13.8 Å². The zero-order valence-electron chi connectivity index (χ0n) is 10.5. The minimum absolute atomic E-state index is 0.641. The van der Waals surface area contributed by atoms with Crippen LogP contribution in [0.4, 0.5) is 0 Å². The van der Waals surface area contributed by atoms with Gasteiger partial charge in [0.25, 0.3) is 0 Å². The molecule has 1 unspecified atom stereocenters. The van der Waals surface area contributed by atoms with Crippen molar-refractivity contribution >= 4 is 47.8 Å². The van der Waals surface area contributed by atoms with E-state index >= 15 is 0 Å². The SMILES string of the molecule is Cc1cc(C(O)c2cc(Br)c(C)cc2Br)ccc1Br. The molecule has 0 spiro atoms. The lowest BCUT2D eigenvalue weighted by molar-refractivity contribution is 0.219. The Labute approximate surface area is 138 Å². The Morgan fingerprint density at radius 1 is 0.842 bits per heavy atom. The lowest BCUT2D eigenvalue weighted by Crippen LogP contribution is -2.02. The quantitative estimate of drug-likeness (QED) is 0.627. The molecule has 0 saturated carbocycles. The molecule has 0 radical (unpaired) electrons. The summed E-state index contributed by atoms with van der Waals surface area (Å²) in [7, 11) is 0. The Kier molecular flexibility index (Phi) is 4.88. The molecule has 0 aliphatic rings. The molecule has 0 fully saturated rings. The van der Waals surface area contributed by atoms with Crippen molar-refractivity contribution in [3.63, 3.8) is 0 Å². The second-order valence-corrected chi connectivity index (χ2v) is 7.10. The Morgan fingerprint density at radius 3 is 2.11 bits per heavy atom. The molecule has 1 nitrogen and oxygen atoms in total. The third kappa shape index (κ3) is 3.30. The van der Waals surface area contributed by atoms with E-state index in [1.165, 1.54) is 0 Å². The smallest absolute Gasteiger partial charge is 0.105 e. The van der Waals surface area contributed by atoms with Gasteiger partial charge in [-0.2, -0.15) is 0 Å². The van der Waals surface area contributed by atoms with Crippen molar-refractivity contribution in [1.29, 1.82) is 0 Å². The minimum Gasteiger partial charge on any atom is -0.384 e. The van der Waals surface area contributed by atoms with E-state index < -0.39 is 6.10 Å². The van der Waals surface area contributed by atoms with E-state index in [0.717, 1.165) is 35.7 Å². The second kappa shape index (κ2) is 6.08. The van der Waals surface area contributed by atoms with E-state index in [1.54, 1.807) is 0 Å². The fraction of sp³-hybridized carbons (Fsp3) is 0.200. The Morgan fingerprint density at radius 2 is 1.47 bits per heavy atom. The van der Waals surface area contributed by atoms with Crippen LogP contribution in [0.3, 0.4) is 0 Å². The van der Waals surface area contributed by atoms with Gasteiger partial charge in [-0.1, -0.05) is 59.9 Å². The number of hydrogen-bond donors (Lipinski definition) is 1. The fourth-order valence-corrected chi connectivity index (χ4v) is 3.17. The molecule has 2 rings (SSSR count). The predicted molar refractivity (Wildman–Crippen MR) is 89.5 cm³/mol. The van der Waals surface area contributed by atoms with Gasteiger partial charge in [0.15, 0.2) is 0 Å². The number of aryl methyl sites for hydroxylation is 2. The van der Waals surface area contributed by atoms with Gasteiger partial charge in [-0.05, 0) is 48.7 Å². The average Bonchev–Trinajstić information content (AvgIpc) is 2.36. The van der Waals surface area contributed by atoms with Gasteiger partial charge in [0.1, 0.15) is 6.10 Å². The largest absolute Gasteiger partial charge is 0.384 e. The van der Waals surface area contributed by atoms with E-state index in [0.29, 0.717) is 0 Å². The molecule has 1 atom stereocenters. The van der Waals surface area contributed by atoms with Gasteiger partial charge in [-0.25, -0.2) is 0 Å². The molecule has 1 N–H and O–H groups in total. The molecule has 4 heteroatoms. The number of halogens is 3. The van der Waals surface area contributed by atoms with Crippen molar-refractivity contribution in [2.24, 2.45) is 0 Å². The fourth-order valence-electron chi connectivity index (χ4n) is 1.89. The summed E-state index contributed by atoms with van der Waals surface area (Å²) < 4.78 is 2.97. The highest BCUT2D eigenvalue weighted by Gasteiger charge is 2.15. The minimum atomic E-state index is -0.641. The van der Waals surface area contributed by atoms with Gasteiger partial charge in [-0.15, -0.1) is 0 Å². The Bertz CT molecular complexity index is 623. The van der Waals surface area contributed by atoms with Gasteiger partial charge in [0, 0.05) is 19.0 Å². The number of rotatable bonds is 2. The van der Waals surface area contributed by atoms with Gasteiger partial charge in [0.2, 0.25) is 0 Å². The first-order valence-electron chi connectivity index (χ1n) is 5.80. The van der Waals surface area contributed by atoms with Crippen LogP contribution in [-0.2, 0) is 0 Å². The third-order valence-electron chi connectivity index (χ3n) is 3.07. The topological polar surface area (TPSA) is 20.2 Å². The molecule has 0 aliphatic carbocycles. The number of benzene rings is 2. The summed E-state index contributed by atoms with van der Waals surface area (Å²) in [6.07, 6.45) is -0.641. The third-order valence-corrected chi connectivity index (χ3v) is 5.50. The van der Waals surface area contributed by atoms with Crippen LogP contribution in [0.5, 0.6) is 0 Å². The molecule has 0 saturated heterocycles. The molecule has 100 valence electrons. The van der Waals surface area contributed by atoms with Crippen LogP contribution < -0.4 is 0 Å². The summed E-state index contributed by atoms with van der Waals surface area (Å²) in [5.41, 5.74) is 3.99. The highest BCUT2D eigenvalue weighted by atomic mass is 79.9. The van der Waals surface area contributed by atoms with Crippen molar-refractivity contribution < 1.29 is 5.11 Å². The van der Waals surface area contributed by atoms with E-state index in [4.69, 9.17) is 0 Å². The zero-order valence-corrected chi connectivity index (χ0v) is 15.3. The molecular formula is C15H13Br3O. The van der Waals surface area contributed by atoms with E-state index in [1.807, 2.05) is 44.2 Å². The van der Waals surface area contributed by atoms with Gasteiger partial charge < -0.3 is 5.11 Å². The standard InChI is InChI=1S/C15H13Br3O/c1-8-5-10(3-4-12(8)16)15(19)11-7-13(17)9(2)6-14(11)18/h3-7,15,19H,1-2H3. The summed E-state index contributed by atoms with van der Waals surface area (Å²) in [4.78, 5) is 0. The summed E-state index contributed by atoms with van der Waals surface area (Å²) in [6.45, 7) is 4.04. The highest BCUT2D eigenvalue weighted by Crippen LogP contribution is 2.33. The number of aliphatic hydroxyl groups is 1. The summed E-state index contributed by atoms with van der Waals surface area (Å²) in [5.74, 6) is 0. The highest BCUT2D eigenvalue weighted by molar-refractivity contribution is 9.11. The van der Waals surface area contributed by atoms with Crippen LogP contribution in [-0.4, -0.2) is 5.11 Å². The van der Waals surface area contributed by atoms with Crippen molar-refractivity contribution in [2.75, 3.05) is 0 Å². The second-order valence-electron chi connectivity index (χ2n) is 4.53. The first-order valence-corrected chi connectivity index (χ1v) is 8.17.